The molecule has 0 spiro atoms. The second-order valence-corrected chi connectivity index (χ2v) is 7.72. The molecule has 3 heterocycles. The van der Waals surface area contributed by atoms with E-state index in [0.29, 0.717) is 36.4 Å². The van der Waals surface area contributed by atoms with E-state index in [-0.39, 0.29) is 17.5 Å². The van der Waals surface area contributed by atoms with Crippen LogP contribution in [0, 0.1) is 6.92 Å². The summed E-state index contributed by atoms with van der Waals surface area (Å²) in [5.41, 5.74) is 8.89. The van der Waals surface area contributed by atoms with E-state index in [1.165, 1.54) is 0 Å². The molecule has 0 unspecified atom stereocenters. The van der Waals surface area contributed by atoms with Gasteiger partial charge in [0.25, 0.3) is 5.91 Å². The summed E-state index contributed by atoms with van der Waals surface area (Å²) in [5.74, 6) is 0.506. The number of hydrogen-bond acceptors (Lipinski definition) is 6. The van der Waals surface area contributed by atoms with E-state index in [2.05, 4.69) is 16.0 Å². The number of rotatable bonds is 4. The number of allylic oxidation sites excluding steroid dienone is 5. The molecule has 4 rings (SSSR count). The summed E-state index contributed by atoms with van der Waals surface area (Å²) in [6.45, 7) is 4.76. The molecule has 2 aromatic rings. The van der Waals surface area contributed by atoms with Gasteiger partial charge in [0, 0.05) is 49.2 Å². The molecule has 7 heteroatoms. The number of Topliss-reactive ketones (excluding diaryl/α,β-unsaturated/α-hetero) is 1. The molecule has 1 aliphatic heterocycles. The van der Waals surface area contributed by atoms with E-state index in [1.54, 1.807) is 24.6 Å². The molecule has 2 aliphatic rings. The molecule has 1 amide bonds. The van der Waals surface area contributed by atoms with Gasteiger partial charge in [0.2, 0.25) is 0 Å². The highest BCUT2D eigenvalue weighted by Crippen LogP contribution is 2.22. The minimum atomic E-state index is -0.103. The molecule has 0 bridgehead atoms. The second kappa shape index (κ2) is 9.04. The molecule has 2 aromatic heterocycles. The van der Waals surface area contributed by atoms with E-state index in [4.69, 9.17) is 10.2 Å². The Hall–Kier alpha value is -3.61. The summed E-state index contributed by atoms with van der Waals surface area (Å²) in [7, 11) is 0. The minimum absolute atomic E-state index is 0.0571. The van der Waals surface area contributed by atoms with Gasteiger partial charge in [0.1, 0.15) is 5.82 Å². The Kier molecular flexibility index (Phi) is 6.02. The number of anilines is 1. The molecular weight excluding hydrogens is 392 g/mol. The first-order chi connectivity index (χ1) is 15.0. The van der Waals surface area contributed by atoms with Gasteiger partial charge in [-0.2, -0.15) is 0 Å². The van der Waals surface area contributed by atoms with Crippen LogP contribution in [0.1, 0.15) is 39.3 Å². The van der Waals surface area contributed by atoms with Crippen molar-refractivity contribution in [3.8, 4) is 0 Å². The van der Waals surface area contributed by atoms with Gasteiger partial charge in [-0.05, 0) is 44.0 Å². The van der Waals surface area contributed by atoms with Crippen molar-refractivity contribution in [1.29, 1.82) is 0 Å². The molecule has 1 fully saturated rings. The number of nitrogen functional groups attached to an aromatic ring is 1. The maximum atomic E-state index is 12.9. The lowest BCUT2D eigenvalue weighted by Gasteiger charge is -2.24. The second-order valence-electron chi connectivity index (χ2n) is 7.72. The minimum Gasteiger partial charge on any atom is -0.459 e. The van der Waals surface area contributed by atoms with Crippen molar-refractivity contribution in [2.45, 2.75) is 19.8 Å². The van der Waals surface area contributed by atoms with E-state index in [0.717, 1.165) is 30.8 Å². The maximum Gasteiger partial charge on any atom is 0.289 e. The lowest BCUT2D eigenvalue weighted by molar-refractivity contribution is 0.0730. The third-order valence-electron chi connectivity index (χ3n) is 5.67. The Morgan fingerprint density at radius 1 is 1.16 bits per heavy atom. The fraction of sp³-hybridized carbons (Fsp3) is 0.292. The molecule has 1 saturated heterocycles. The van der Waals surface area contributed by atoms with Crippen LogP contribution < -0.4 is 5.73 Å². The van der Waals surface area contributed by atoms with Gasteiger partial charge < -0.3 is 20.0 Å². The molecule has 0 radical (unpaired) electrons. The molecule has 31 heavy (non-hydrogen) atoms. The first-order valence-corrected chi connectivity index (χ1v) is 10.5. The predicted octanol–water partition coefficient (Wildman–Crippen LogP) is 3.37. The van der Waals surface area contributed by atoms with Crippen LogP contribution in [0.25, 0.3) is 0 Å². The average molecular weight is 418 g/mol. The number of hydrogen-bond donors (Lipinski definition) is 1. The SMILES string of the molecule is Cc1ccoc1C(=O)N1CCCN(C2=CCC(C(=O)c3cccnc3N)=CC=C2)CC1. The van der Waals surface area contributed by atoms with Crippen molar-refractivity contribution in [1.82, 2.24) is 14.8 Å². The fourth-order valence-electron chi connectivity index (χ4n) is 3.91. The van der Waals surface area contributed by atoms with Crippen molar-refractivity contribution in [3.05, 3.63) is 83.1 Å². The first-order valence-electron chi connectivity index (χ1n) is 10.5. The highest BCUT2D eigenvalue weighted by molar-refractivity contribution is 6.11. The molecule has 0 saturated carbocycles. The maximum absolute atomic E-state index is 12.9. The topological polar surface area (TPSA) is 92.7 Å². The van der Waals surface area contributed by atoms with E-state index in [1.807, 2.05) is 36.1 Å². The Balaban J connectivity index is 1.42. The summed E-state index contributed by atoms with van der Waals surface area (Å²) in [4.78, 5) is 33.8. The van der Waals surface area contributed by atoms with Crippen LogP contribution in [0.2, 0.25) is 0 Å². The van der Waals surface area contributed by atoms with Gasteiger partial charge in [-0.1, -0.05) is 18.2 Å². The Morgan fingerprint density at radius 2 is 2.03 bits per heavy atom. The number of pyridine rings is 1. The molecule has 0 aromatic carbocycles. The van der Waals surface area contributed by atoms with Crippen LogP contribution in [-0.4, -0.2) is 52.7 Å². The highest BCUT2D eigenvalue weighted by atomic mass is 16.3. The van der Waals surface area contributed by atoms with Crippen molar-refractivity contribution in [3.63, 3.8) is 0 Å². The van der Waals surface area contributed by atoms with Crippen molar-refractivity contribution in [2.75, 3.05) is 31.9 Å². The summed E-state index contributed by atoms with van der Waals surface area (Å²) >= 11 is 0. The number of ketones is 1. The first kappa shape index (κ1) is 20.7. The largest absolute Gasteiger partial charge is 0.459 e. The zero-order chi connectivity index (χ0) is 21.8. The van der Waals surface area contributed by atoms with Gasteiger partial charge in [0.05, 0.1) is 11.8 Å². The fourth-order valence-corrected chi connectivity index (χ4v) is 3.91. The van der Waals surface area contributed by atoms with Crippen molar-refractivity contribution >= 4 is 17.5 Å². The van der Waals surface area contributed by atoms with E-state index in [9.17, 15) is 9.59 Å². The van der Waals surface area contributed by atoms with Crippen LogP contribution in [-0.2, 0) is 0 Å². The normalized spacial score (nSPS) is 16.9. The number of amides is 1. The molecule has 0 atom stereocenters. The number of nitrogens with two attached hydrogens (primary N) is 1. The number of carbonyl (C=O) groups is 2. The number of nitrogens with zero attached hydrogens (tertiary/aromatic N) is 3. The van der Waals surface area contributed by atoms with Crippen LogP contribution in [0.4, 0.5) is 5.82 Å². The smallest absolute Gasteiger partial charge is 0.289 e. The highest BCUT2D eigenvalue weighted by Gasteiger charge is 2.24. The van der Waals surface area contributed by atoms with Crippen molar-refractivity contribution in [2.24, 2.45) is 0 Å². The van der Waals surface area contributed by atoms with Crippen LogP contribution in [0.3, 0.4) is 0 Å². The molecule has 7 nitrogen and oxygen atoms in total. The number of aromatic nitrogens is 1. The van der Waals surface area contributed by atoms with Gasteiger partial charge in [-0.3, -0.25) is 9.59 Å². The number of carbonyl (C=O) groups excluding carboxylic acids is 2. The predicted molar refractivity (Wildman–Crippen MR) is 118 cm³/mol. The van der Waals surface area contributed by atoms with Crippen LogP contribution in [0.5, 0.6) is 0 Å². The Morgan fingerprint density at radius 3 is 2.81 bits per heavy atom. The monoisotopic (exact) mass is 418 g/mol. The molecule has 160 valence electrons. The van der Waals surface area contributed by atoms with Crippen LogP contribution >= 0.6 is 0 Å². The molecule has 1 aliphatic carbocycles. The molecular formula is C24H26N4O3. The lowest BCUT2D eigenvalue weighted by atomic mass is 10.0. The van der Waals surface area contributed by atoms with Crippen molar-refractivity contribution < 1.29 is 14.0 Å². The quantitative estimate of drug-likeness (QED) is 0.766. The van der Waals surface area contributed by atoms with Crippen LogP contribution in [0.15, 0.2) is 70.7 Å². The van der Waals surface area contributed by atoms with Gasteiger partial charge in [0.15, 0.2) is 11.5 Å². The third kappa shape index (κ3) is 4.45. The molecule has 2 N–H and O–H groups in total. The average Bonchev–Trinajstić information content (AvgIpc) is 2.97. The standard InChI is InChI=1S/C24H26N4O3/c1-17-10-16-31-22(17)24(30)28-13-4-12-27(14-15-28)19-6-2-5-18(8-9-19)21(29)20-7-3-11-26-23(20)25/h2-3,5-7,9-11,16H,4,8,12-15H2,1H3,(H2,25,26). The summed E-state index contributed by atoms with van der Waals surface area (Å²) in [6, 6.07) is 5.22. The summed E-state index contributed by atoms with van der Waals surface area (Å²) < 4.78 is 5.38. The van der Waals surface area contributed by atoms with Gasteiger partial charge in [-0.25, -0.2) is 4.98 Å². The Bertz CT molecular complexity index is 1080. The number of aryl methyl sites for hydroxylation is 1. The van der Waals surface area contributed by atoms with Gasteiger partial charge in [-0.15, -0.1) is 0 Å². The summed E-state index contributed by atoms with van der Waals surface area (Å²) in [6.07, 6.45) is 12.3. The van der Waals surface area contributed by atoms with E-state index >= 15 is 0 Å². The zero-order valence-electron chi connectivity index (χ0n) is 17.6. The lowest BCUT2D eigenvalue weighted by Crippen LogP contribution is -2.35. The summed E-state index contributed by atoms with van der Waals surface area (Å²) in [5, 5.41) is 0. The van der Waals surface area contributed by atoms with Gasteiger partial charge >= 0.3 is 0 Å². The Labute approximate surface area is 181 Å². The van der Waals surface area contributed by atoms with E-state index < -0.39 is 0 Å². The third-order valence-corrected chi connectivity index (χ3v) is 5.67. The zero-order valence-corrected chi connectivity index (χ0v) is 17.6. The number of furan rings is 1.